The molecule has 4 aromatic rings. The topological polar surface area (TPSA) is 116 Å². The largest absolute Gasteiger partial charge is 0.475 e. The average Bonchev–Trinajstić information content (AvgIpc) is 3.44. The van der Waals surface area contributed by atoms with Crippen LogP contribution in [0.4, 0.5) is 11.6 Å². The van der Waals surface area contributed by atoms with Crippen molar-refractivity contribution >= 4 is 32.7 Å². The molecule has 0 amide bonds. The number of sulfonamides is 1. The molecule has 1 aliphatic rings. The minimum absolute atomic E-state index is 0.258. The number of fused-ring (bicyclic) bond motifs is 1. The Morgan fingerprint density at radius 1 is 0.953 bits per heavy atom. The van der Waals surface area contributed by atoms with Crippen LogP contribution in [0.1, 0.15) is 19.4 Å². The van der Waals surface area contributed by atoms with Crippen LogP contribution in [0.2, 0.25) is 0 Å². The van der Waals surface area contributed by atoms with Crippen molar-refractivity contribution in [3.8, 4) is 17.0 Å². The summed E-state index contributed by atoms with van der Waals surface area (Å²) in [6.07, 6.45) is 1.84. The summed E-state index contributed by atoms with van der Waals surface area (Å²) in [6, 6.07) is 15.2. The molecule has 2 N–H and O–H groups in total. The Bertz CT molecular complexity index is 1600. The lowest BCUT2D eigenvalue weighted by molar-refractivity contribution is 0.144. The van der Waals surface area contributed by atoms with Crippen LogP contribution in [0.3, 0.4) is 0 Å². The number of rotatable bonds is 13. The van der Waals surface area contributed by atoms with Gasteiger partial charge in [-0.1, -0.05) is 38.1 Å². The van der Waals surface area contributed by atoms with Gasteiger partial charge in [0.15, 0.2) is 0 Å². The zero-order valence-electron chi connectivity index (χ0n) is 25.3. The van der Waals surface area contributed by atoms with Crippen molar-refractivity contribution < 1.29 is 17.9 Å². The first-order valence-corrected chi connectivity index (χ1v) is 16.1. The number of ether oxygens (including phenoxy) is 2. The number of benzene rings is 2. The average molecular weight is 608 g/mol. The molecular weight excluding hydrogens is 566 g/mol. The third kappa shape index (κ3) is 7.16. The van der Waals surface area contributed by atoms with E-state index < -0.39 is 10.0 Å². The van der Waals surface area contributed by atoms with E-state index in [1.165, 1.54) is 9.87 Å². The molecule has 1 saturated heterocycles. The van der Waals surface area contributed by atoms with Crippen molar-refractivity contribution in [1.29, 1.82) is 0 Å². The highest BCUT2D eigenvalue weighted by Gasteiger charge is 2.22. The molecule has 1 fully saturated rings. The fourth-order valence-corrected chi connectivity index (χ4v) is 6.67. The highest BCUT2D eigenvalue weighted by atomic mass is 32.2. The lowest BCUT2D eigenvalue weighted by atomic mass is 10.1. The van der Waals surface area contributed by atoms with Crippen molar-refractivity contribution in [2.45, 2.75) is 25.3 Å². The molecule has 12 heteroatoms. The van der Waals surface area contributed by atoms with Crippen LogP contribution >= 0.6 is 0 Å². The van der Waals surface area contributed by atoms with Crippen LogP contribution in [0, 0.1) is 0 Å². The summed E-state index contributed by atoms with van der Waals surface area (Å²) in [5.41, 5.74) is 4.38. The molecule has 43 heavy (non-hydrogen) atoms. The maximum Gasteiger partial charge on any atom is 0.243 e. The second kappa shape index (κ2) is 13.8. The van der Waals surface area contributed by atoms with Crippen LogP contribution in [0.5, 0.6) is 5.88 Å². The van der Waals surface area contributed by atoms with Gasteiger partial charge in [0.25, 0.3) is 0 Å². The predicted molar refractivity (Wildman–Crippen MR) is 169 cm³/mol. The smallest absolute Gasteiger partial charge is 0.243 e. The number of likely N-dealkylation sites (N-methyl/N-ethyl adjacent to an activating group) is 1. The standard InChI is InChI=1S/C31H41N7O4S/c1-5-38(6-2)43(39,40)26-13-9-24(10-14-26)27-21-32-29-28(27)30(42-20-19-41-4)35-31(34-29)33-25-11-7-23(8-12-25)22-37-17-15-36(3)16-18-37/h7-14,21H,5-6,15-20,22H2,1-4H3,(H2,32,33,34,35). The number of nitrogens with zero attached hydrogens (tertiary/aromatic N) is 5. The van der Waals surface area contributed by atoms with Gasteiger partial charge < -0.3 is 24.7 Å². The first-order valence-electron chi connectivity index (χ1n) is 14.7. The van der Waals surface area contributed by atoms with Crippen molar-refractivity contribution in [1.82, 2.24) is 29.1 Å². The predicted octanol–water partition coefficient (Wildman–Crippen LogP) is 4.17. The van der Waals surface area contributed by atoms with Gasteiger partial charge in [0.05, 0.1) is 16.9 Å². The van der Waals surface area contributed by atoms with Crippen LogP contribution in [-0.4, -0.2) is 104 Å². The number of aromatic amines is 1. The fraction of sp³-hybridized carbons (Fsp3) is 0.419. The van der Waals surface area contributed by atoms with E-state index in [9.17, 15) is 8.42 Å². The number of hydrogen-bond acceptors (Lipinski definition) is 9. The van der Waals surface area contributed by atoms with Gasteiger partial charge in [0, 0.05) is 70.4 Å². The first kappa shape index (κ1) is 30.9. The molecule has 2 aromatic heterocycles. The van der Waals surface area contributed by atoms with E-state index in [1.807, 2.05) is 32.2 Å². The lowest BCUT2D eigenvalue weighted by Gasteiger charge is -2.32. The summed E-state index contributed by atoms with van der Waals surface area (Å²) in [6.45, 7) is 10.5. The number of piperazine rings is 1. The van der Waals surface area contributed by atoms with Gasteiger partial charge in [-0.25, -0.2) is 8.42 Å². The van der Waals surface area contributed by atoms with Crippen LogP contribution < -0.4 is 10.1 Å². The Morgan fingerprint density at radius 3 is 2.30 bits per heavy atom. The lowest BCUT2D eigenvalue weighted by Crippen LogP contribution is -2.43. The molecule has 11 nitrogen and oxygen atoms in total. The number of anilines is 2. The number of methoxy groups -OCH3 is 1. The van der Waals surface area contributed by atoms with E-state index in [1.54, 1.807) is 31.4 Å². The van der Waals surface area contributed by atoms with E-state index in [2.05, 4.69) is 39.3 Å². The van der Waals surface area contributed by atoms with Gasteiger partial charge in [-0.2, -0.15) is 14.3 Å². The van der Waals surface area contributed by atoms with Gasteiger partial charge in [0.1, 0.15) is 12.3 Å². The molecule has 0 aliphatic carbocycles. The summed E-state index contributed by atoms with van der Waals surface area (Å²) in [4.78, 5) is 17.8. The van der Waals surface area contributed by atoms with E-state index in [0.29, 0.717) is 49.2 Å². The minimum Gasteiger partial charge on any atom is -0.475 e. The van der Waals surface area contributed by atoms with Crippen molar-refractivity contribution in [2.24, 2.45) is 0 Å². The second-order valence-electron chi connectivity index (χ2n) is 10.6. The molecule has 0 spiro atoms. The normalized spacial score (nSPS) is 14.9. The molecule has 0 atom stereocenters. The maximum atomic E-state index is 13.0. The molecule has 230 valence electrons. The summed E-state index contributed by atoms with van der Waals surface area (Å²) in [5.74, 6) is 0.813. The van der Waals surface area contributed by atoms with Crippen molar-refractivity contribution in [3.05, 3.63) is 60.3 Å². The van der Waals surface area contributed by atoms with Crippen LogP contribution in [-0.2, 0) is 21.3 Å². The second-order valence-corrected chi connectivity index (χ2v) is 12.6. The van der Waals surface area contributed by atoms with E-state index in [-0.39, 0.29) is 4.90 Å². The zero-order valence-corrected chi connectivity index (χ0v) is 26.2. The molecule has 0 saturated carbocycles. The number of H-pyrrole nitrogens is 1. The highest BCUT2D eigenvalue weighted by Crippen LogP contribution is 2.35. The number of nitrogens with one attached hydrogen (secondary N) is 2. The quantitative estimate of drug-likeness (QED) is 0.216. The molecular formula is C31H41N7O4S. The van der Waals surface area contributed by atoms with Gasteiger partial charge in [-0.15, -0.1) is 0 Å². The molecule has 2 aromatic carbocycles. The summed E-state index contributed by atoms with van der Waals surface area (Å²) < 4.78 is 38.6. The van der Waals surface area contributed by atoms with E-state index in [4.69, 9.17) is 19.4 Å². The number of hydrogen-bond donors (Lipinski definition) is 2. The van der Waals surface area contributed by atoms with Gasteiger partial charge >= 0.3 is 0 Å². The Kier molecular flexibility index (Phi) is 9.93. The molecule has 1 aliphatic heterocycles. The fourth-order valence-electron chi connectivity index (χ4n) is 5.22. The van der Waals surface area contributed by atoms with E-state index in [0.717, 1.165) is 49.5 Å². The van der Waals surface area contributed by atoms with Gasteiger partial charge in [-0.3, -0.25) is 4.90 Å². The van der Waals surface area contributed by atoms with Crippen molar-refractivity contribution in [3.63, 3.8) is 0 Å². The van der Waals surface area contributed by atoms with Gasteiger partial charge in [-0.05, 0) is 42.4 Å². The number of aromatic nitrogens is 3. The highest BCUT2D eigenvalue weighted by molar-refractivity contribution is 7.89. The van der Waals surface area contributed by atoms with Crippen LogP contribution in [0.25, 0.3) is 22.2 Å². The third-order valence-corrected chi connectivity index (χ3v) is 9.81. The molecule has 0 bridgehead atoms. The van der Waals surface area contributed by atoms with Crippen molar-refractivity contribution in [2.75, 3.05) is 72.0 Å². The van der Waals surface area contributed by atoms with Crippen LogP contribution in [0.15, 0.2) is 59.6 Å². The first-order chi connectivity index (χ1) is 20.8. The SMILES string of the molecule is CCN(CC)S(=O)(=O)c1ccc(-c2c[nH]c3nc(Nc4ccc(CN5CCN(C)CC5)cc4)nc(OCCOC)c23)cc1. The minimum atomic E-state index is -3.55. The summed E-state index contributed by atoms with van der Waals surface area (Å²) in [7, 11) is 0.236. The molecule has 3 heterocycles. The summed E-state index contributed by atoms with van der Waals surface area (Å²) in [5, 5.41) is 4.02. The van der Waals surface area contributed by atoms with Gasteiger partial charge in [0.2, 0.25) is 21.9 Å². The monoisotopic (exact) mass is 607 g/mol. The Hall–Kier alpha value is -3.55. The zero-order chi connectivity index (χ0) is 30.4. The molecule has 0 unspecified atom stereocenters. The molecule has 0 radical (unpaired) electrons. The third-order valence-electron chi connectivity index (χ3n) is 7.75. The summed E-state index contributed by atoms with van der Waals surface area (Å²) >= 11 is 0. The maximum absolute atomic E-state index is 13.0. The Balaban J connectivity index is 1.38. The van der Waals surface area contributed by atoms with E-state index >= 15 is 0 Å². The Morgan fingerprint density at radius 2 is 1.65 bits per heavy atom. The Labute approximate surface area is 253 Å². The molecule has 5 rings (SSSR count).